The number of amides is 1. The van der Waals surface area contributed by atoms with Gasteiger partial charge in [-0.1, -0.05) is 13.8 Å². The smallest absolute Gasteiger partial charge is 0.341 e. The Morgan fingerprint density at radius 2 is 2.11 bits per heavy atom. The third kappa shape index (κ3) is 4.95. The van der Waals surface area contributed by atoms with Crippen LogP contribution in [0.4, 0.5) is 10.1 Å². The Bertz CT molecular complexity index is 475. The molecule has 0 aliphatic heterocycles. The summed E-state index contributed by atoms with van der Waals surface area (Å²) in [6.45, 7) is 3.92. The second-order valence-corrected chi connectivity index (χ2v) is 4.51. The van der Waals surface area contributed by atoms with E-state index >= 15 is 0 Å². The van der Waals surface area contributed by atoms with E-state index in [2.05, 4.69) is 5.32 Å². The summed E-state index contributed by atoms with van der Waals surface area (Å²) >= 11 is 0. The summed E-state index contributed by atoms with van der Waals surface area (Å²) in [6, 6.07) is 3.58. The number of halogens is 1. The molecule has 19 heavy (non-hydrogen) atoms. The summed E-state index contributed by atoms with van der Waals surface area (Å²) in [5.41, 5.74) is 5.42. The van der Waals surface area contributed by atoms with Gasteiger partial charge in [-0.3, -0.25) is 4.79 Å². The van der Waals surface area contributed by atoms with Crippen LogP contribution in [-0.4, -0.2) is 25.0 Å². The number of esters is 1. The lowest BCUT2D eigenvalue weighted by Crippen LogP contribution is -2.31. The van der Waals surface area contributed by atoms with Crippen molar-refractivity contribution in [2.45, 2.75) is 13.8 Å². The van der Waals surface area contributed by atoms with Crippen LogP contribution in [0.5, 0.6) is 0 Å². The minimum absolute atomic E-state index is 0.248. The number of anilines is 1. The molecular formula is C13H17FN2O3. The summed E-state index contributed by atoms with van der Waals surface area (Å²) in [5, 5.41) is 2.58. The maximum absolute atomic E-state index is 13.3. The first-order valence-electron chi connectivity index (χ1n) is 5.89. The van der Waals surface area contributed by atoms with Crippen LogP contribution in [0.1, 0.15) is 24.2 Å². The van der Waals surface area contributed by atoms with E-state index in [0.29, 0.717) is 12.5 Å². The maximum atomic E-state index is 13.3. The van der Waals surface area contributed by atoms with Crippen molar-refractivity contribution in [1.82, 2.24) is 5.32 Å². The summed E-state index contributed by atoms with van der Waals surface area (Å²) in [5.74, 6) is -1.77. The Labute approximate surface area is 110 Å². The fourth-order valence-corrected chi connectivity index (χ4v) is 1.28. The largest absolute Gasteiger partial charge is 0.452 e. The summed E-state index contributed by atoms with van der Waals surface area (Å²) in [4.78, 5) is 22.9. The summed E-state index contributed by atoms with van der Waals surface area (Å²) in [6.07, 6.45) is 0. The van der Waals surface area contributed by atoms with Crippen molar-refractivity contribution < 1.29 is 18.7 Å². The molecule has 0 bridgehead atoms. The van der Waals surface area contributed by atoms with Gasteiger partial charge < -0.3 is 15.8 Å². The van der Waals surface area contributed by atoms with Gasteiger partial charge in [-0.2, -0.15) is 0 Å². The number of nitrogen functional groups attached to an aromatic ring is 1. The highest BCUT2D eigenvalue weighted by Gasteiger charge is 2.15. The monoisotopic (exact) mass is 268 g/mol. The molecule has 0 saturated heterocycles. The van der Waals surface area contributed by atoms with E-state index in [1.165, 1.54) is 12.1 Å². The number of carbonyl (C=O) groups excluding carboxylic acids is 2. The normalized spacial score (nSPS) is 10.3. The fourth-order valence-electron chi connectivity index (χ4n) is 1.28. The highest BCUT2D eigenvalue weighted by atomic mass is 19.1. The molecule has 5 nitrogen and oxygen atoms in total. The summed E-state index contributed by atoms with van der Waals surface area (Å²) < 4.78 is 18.1. The van der Waals surface area contributed by atoms with E-state index in [1.807, 2.05) is 13.8 Å². The molecule has 0 aliphatic rings. The fraction of sp³-hybridized carbons (Fsp3) is 0.385. The predicted octanol–water partition coefficient (Wildman–Crippen LogP) is 1.34. The number of ether oxygens (including phenoxy) is 1. The highest BCUT2D eigenvalue weighted by Crippen LogP contribution is 2.13. The van der Waals surface area contributed by atoms with Gasteiger partial charge in [0.1, 0.15) is 5.82 Å². The van der Waals surface area contributed by atoms with Crippen molar-refractivity contribution in [2.24, 2.45) is 5.92 Å². The van der Waals surface area contributed by atoms with Gasteiger partial charge in [-0.25, -0.2) is 9.18 Å². The van der Waals surface area contributed by atoms with Crippen LogP contribution in [0, 0.1) is 11.7 Å². The van der Waals surface area contributed by atoms with Gasteiger partial charge in [0.05, 0.1) is 5.56 Å². The van der Waals surface area contributed by atoms with Crippen molar-refractivity contribution in [3.8, 4) is 0 Å². The van der Waals surface area contributed by atoms with E-state index in [0.717, 1.165) is 6.07 Å². The number of hydrogen-bond acceptors (Lipinski definition) is 4. The van der Waals surface area contributed by atoms with E-state index in [1.54, 1.807) is 0 Å². The Kier molecular flexibility index (Phi) is 5.29. The van der Waals surface area contributed by atoms with Crippen molar-refractivity contribution in [3.63, 3.8) is 0 Å². The van der Waals surface area contributed by atoms with Gasteiger partial charge in [-0.05, 0) is 24.1 Å². The van der Waals surface area contributed by atoms with Crippen LogP contribution in [0.25, 0.3) is 0 Å². The van der Waals surface area contributed by atoms with E-state index in [4.69, 9.17) is 10.5 Å². The first-order valence-corrected chi connectivity index (χ1v) is 5.89. The first kappa shape index (κ1) is 14.9. The average Bonchev–Trinajstić information content (AvgIpc) is 2.36. The number of rotatable bonds is 5. The van der Waals surface area contributed by atoms with Gasteiger partial charge >= 0.3 is 5.97 Å². The lowest BCUT2D eigenvalue weighted by Gasteiger charge is -2.08. The highest BCUT2D eigenvalue weighted by molar-refractivity contribution is 5.92. The molecule has 0 unspecified atom stereocenters. The molecule has 0 aliphatic carbocycles. The minimum atomic E-state index is -0.913. The number of hydrogen-bond donors (Lipinski definition) is 2. The number of benzene rings is 1. The van der Waals surface area contributed by atoms with Gasteiger partial charge in [0.2, 0.25) is 0 Å². The third-order valence-corrected chi connectivity index (χ3v) is 2.25. The molecular weight excluding hydrogens is 251 g/mol. The minimum Gasteiger partial charge on any atom is -0.452 e. The van der Waals surface area contributed by atoms with Crippen molar-refractivity contribution in [3.05, 3.63) is 29.6 Å². The zero-order valence-electron chi connectivity index (χ0n) is 10.9. The van der Waals surface area contributed by atoms with Crippen molar-refractivity contribution >= 4 is 17.6 Å². The summed E-state index contributed by atoms with van der Waals surface area (Å²) in [7, 11) is 0. The predicted molar refractivity (Wildman–Crippen MR) is 68.9 cm³/mol. The van der Waals surface area contributed by atoms with Gasteiger partial charge in [0.25, 0.3) is 5.91 Å². The SMILES string of the molecule is CC(C)CNC(=O)COC(=O)c1cc(N)ccc1F. The molecule has 0 spiro atoms. The number of nitrogens with one attached hydrogen (secondary N) is 1. The second kappa shape index (κ2) is 6.72. The Hall–Kier alpha value is -2.11. The molecule has 1 aromatic rings. The van der Waals surface area contributed by atoms with E-state index < -0.39 is 24.3 Å². The lowest BCUT2D eigenvalue weighted by molar-refractivity contribution is -0.124. The molecule has 0 atom stereocenters. The molecule has 0 fully saturated rings. The van der Waals surface area contributed by atoms with E-state index in [9.17, 15) is 14.0 Å². The van der Waals surface area contributed by atoms with Gasteiger partial charge in [0.15, 0.2) is 6.61 Å². The van der Waals surface area contributed by atoms with Crippen LogP contribution in [-0.2, 0) is 9.53 Å². The van der Waals surface area contributed by atoms with Crippen LogP contribution in [0.3, 0.4) is 0 Å². The standard InChI is InChI=1S/C13H17FN2O3/c1-8(2)6-16-12(17)7-19-13(18)10-5-9(15)3-4-11(10)14/h3-5,8H,6-7,15H2,1-2H3,(H,16,17). The van der Waals surface area contributed by atoms with Crippen molar-refractivity contribution in [1.29, 1.82) is 0 Å². The molecule has 3 N–H and O–H groups in total. The molecule has 1 amide bonds. The number of nitrogens with two attached hydrogens (primary N) is 1. The number of carbonyl (C=O) groups is 2. The van der Waals surface area contributed by atoms with Crippen LogP contribution < -0.4 is 11.1 Å². The topological polar surface area (TPSA) is 81.4 Å². The van der Waals surface area contributed by atoms with E-state index in [-0.39, 0.29) is 11.3 Å². The molecule has 104 valence electrons. The Balaban J connectivity index is 2.51. The molecule has 1 rings (SSSR count). The molecule has 0 saturated carbocycles. The quantitative estimate of drug-likeness (QED) is 0.623. The van der Waals surface area contributed by atoms with Crippen molar-refractivity contribution in [2.75, 3.05) is 18.9 Å². The Morgan fingerprint density at radius 3 is 2.74 bits per heavy atom. The zero-order chi connectivity index (χ0) is 14.4. The van der Waals surface area contributed by atoms with Crippen LogP contribution >= 0.6 is 0 Å². The molecule has 0 radical (unpaired) electrons. The lowest BCUT2D eigenvalue weighted by atomic mass is 10.2. The molecule has 6 heteroatoms. The molecule has 1 aromatic carbocycles. The molecule has 0 heterocycles. The maximum Gasteiger partial charge on any atom is 0.341 e. The Morgan fingerprint density at radius 1 is 1.42 bits per heavy atom. The average molecular weight is 268 g/mol. The second-order valence-electron chi connectivity index (χ2n) is 4.51. The zero-order valence-corrected chi connectivity index (χ0v) is 10.9. The van der Waals surface area contributed by atoms with Gasteiger partial charge in [-0.15, -0.1) is 0 Å². The van der Waals surface area contributed by atoms with Gasteiger partial charge in [0, 0.05) is 12.2 Å². The third-order valence-electron chi connectivity index (χ3n) is 2.25. The first-order chi connectivity index (χ1) is 8.90. The van der Waals surface area contributed by atoms with Crippen LogP contribution in [0.2, 0.25) is 0 Å². The molecule has 0 aromatic heterocycles. The van der Waals surface area contributed by atoms with Crippen LogP contribution in [0.15, 0.2) is 18.2 Å².